The molecule has 0 aromatic rings. The summed E-state index contributed by atoms with van der Waals surface area (Å²) >= 11 is 0. The standard InChI is InChI=1S/C9H19NO2/c1-11-5-2-9(8-10)3-6-12-7-4-9/h2-8,10H2,1H3. The van der Waals surface area contributed by atoms with Gasteiger partial charge in [-0.1, -0.05) is 0 Å². The Bertz CT molecular complexity index is 122. The van der Waals surface area contributed by atoms with E-state index < -0.39 is 0 Å². The van der Waals surface area contributed by atoms with Crippen LogP contribution in [0.5, 0.6) is 0 Å². The number of hydrogen-bond donors (Lipinski definition) is 1. The topological polar surface area (TPSA) is 44.5 Å². The molecular weight excluding hydrogens is 154 g/mol. The maximum atomic E-state index is 5.77. The lowest BCUT2D eigenvalue weighted by Crippen LogP contribution is -2.37. The second-order valence-corrected chi connectivity index (χ2v) is 3.56. The van der Waals surface area contributed by atoms with Crippen LogP contribution in [0.1, 0.15) is 19.3 Å². The molecule has 0 amide bonds. The lowest BCUT2D eigenvalue weighted by Gasteiger charge is -2.35. The van der Waals surface area contributed by atoms with Crippen LogP contribution >= 0.6 is 0 Å². The first kappa shape index (κ1) is 9.96. The van der Waals surface area contributed by atoms with Gasteiger partial charge >= 0.3 is 0 Å². The van der Waals surface area contributed by atoms with Crippen molar-refractivity contribution in [1.29, 1.82) is 0 Å². The maximum absolute atomic E-state index is 5.77. The molecule has 72 valence electrons. The van der Waals surface area contributed by atoms with Crippen molar-refractivity contribution in [3.8, 4) is 0 Å². The highest BCUT2D eigenvalue weighted by atomic mass is 16.5. The molecule has 12 heavy (non-hydrogen) atoms. The molecule has 0 aromatic heterocycles. The first-order chi connectivity index (χ1) is 5.83. The smallest absolute Gasteiger partial charge is 0.0471 e. The van der Waals surface area contributed by atoms with E-state index in [1.54, 1.807) is 7.11 Å². The van der Waals surface area contributed by atoms with Crippen molar-refractivity contribution in [3.63, 3.8) is 0 Å². The third-order valence-corrected chi connectivity index (χ3v) is 2.82. The van der Waals surface area contributed by atoms with E-state index in [1.165, 1.54) is 0 Å². The van der Waals surface area contributed by atoms with Crippen LogP contribution in [0.4, 0.5) is 0 Å². The molecule has 1 aliphatic rings. The average Bonchev–Trinajstić information content (AvgIpc) is 2.16. The van der Waals surface area contributed by atoms with Crippen LogP contribution in [0, 0.1) is 5.41 Å². The summed E-state index contributed by atoms with van der Waals surface area (Å²) in [5.74, 6) is 0. The lowest BCUT2D eigenvalue weighted by atomic mass is 9.78. The van der Waals surface area contributed by atoms with Gasteiger partial charge in [0.2, 0.25) is 0 Å². The zero-order valence-corrected chi connectivity index (χ0v) is 7.84. The molecule has 0 bridgehead atoms. The fraction of sp³-hybridized carbons (Fsp3) is 1.00. The highest BCUT2D eigenvalue weighted by Gasteiger charge is 2.30. The van der Waals surface area contributed by atoms with Crippen molar-refractivity contribution in [2.45, 2.75) is 19.3 Å². The normalized spacial score (nSPS) is 22.5. The minimum Gasteiger partial charge on any atom is -0.385 e. The quantitative estimate of drug-likeness (QED) is 0.683. The van der Waals surface area contributed by atoms with Crippen molar-refractivity contribution in [1.82, 2.24) is 0 Å². The summed E-state index contributed by atoms with van der Waals surface area (Å²) in [4.78, 5) is 0. The molecule has 1 saturated heterocycles. The third kappa shape index (κ3) is 2.44. The van der Waals surface area contributed by atoms with Gasteiger partial charge in [0.1, 0.15) is 0 Å². The zero-order valence-electron chi connectivity index (χ0n) is 7.84. The Kier molecular flexibility index (Phi) is 3.98. The third-order valence-electron chi connectivity index (χ3n) is 2.82. The van der Waals surface area contributed by atoms with Crippen LogP contribution in [0.2, 0.25) is 0 Å². The lowest BCUT2D eigenvalue weighted by molar-refractivity contribution is 0.00290. The molecule has 3 nitrogen and oxygen atoms in total. The number of rotatable bonds is 4. The van der Waals surface area contributed by atoms with E-state index in [0.717, 1.165) is 45.6 Å². The molecule has 0 aliphatic carbocycles. The SMILES string of the molecule is COCCC1(CN)CCOCC1. The second kappa shape index (κ2) is 4.80. The Morgan fingerprint density at radius 3 is 2.58 bits per heavy atom. The van der Waals surface area contributed by atoms with Crippen LogP contribution in [0.25, 0.3) is 0 Å². The fourth-order valence-electron chi connectivity index (χ4n) is 1.68. The number of methoxy groups -OCH3 is 1. The summed E-state index contributed by atoms with van der Waals surface area (Å²) in [7, 11) is 1.74. The summed E-state index contributed by atoms with van der Waals surface area (Å²) in [5.41, 5.74) is 6.07. The van der Waals surface area contributed by atoms with Gasteiger partial charge in [0.15, 0.2) is 0 Å². The predicted molar refractivity (Wildman–Crippen MR) is 48.0 cm³/mol. The molecule has 0 radical (unpaired) electrons. The molecule has 0 unspecified atom stereocenters. The van der Waals surface area contributed by atoms with Gasteiger partial charge < -0.3 is 15.2 Å². The summed E-state index contributed by atoms with van der Waals surface area (Å²) in [6.45, 7) is 3.30. The van der Waals surface area contributed by atoms with E-state index >= 15 is 0 Å². The van der Waals surface area contributed by atoms with Crippen molar-refractivity contribution in [2.24, 2.45) is 11.1 Å². The van der Waals surface area contributed by atoms with Crippen molar-refractivity contribution >= 4 is 0 Å². The Balaban J connectivity index is 2.37. The monoisotopic (exact) mass is 173 g/mol. The van der Waals surface area contributed by atoms with Gasteiger partial charge in [-0.15, -0.1) is 0 Å². The molecule has 1 fully saturated rings. The first-order valence-corrected chi connectivity index (χ1v) is 4.60. The van der Waals surface area contributed by atoms with Crippen molar-refractivity contribution in [2.75, 3.05) is 33.5 Å². The summed E-state index contributed by atoms with van der Waals surface area (Å²) in [5, 5.41) is 0. The molecule has 0 saturated carbocycles. The van der Waals surface area contributed by atoms with E-state index in [0.29, 0.717) is 5.41 Å². The Morgan fingerprint density at radius 2 is 2.08 bits per heavy atom. The molecule has 1 heterocycles. The van der Waals surface area contributed by atoms with E-state index in [2.05, 4.69) is 0 Å². The van der Waals surface area contributed by atoms with Crippen LogP contribution in [-0.2, 0) is 9.47 Å². The average molecular weight is 173 g/mol. The van der Waals surface area contributed by atoms with Crippen LogP contribution in [0.3, 0.4) is 0 Å². The molecule has 1 aliphatic heterocycles. The van der Waals surface area contributed by atoms with Gasteiger partial charge in [0.05, 0.1) is 0 Å². The Labute approximate surface area is 74.2 Å². The van der Waals surface area contributed by atoms with Crippen LogP contribution in [0.15, 0.2) is 0 Å². The van der Waals surface area contributed by atoms with Crippen LogP contribution in [-0.4, -0.2) is 33.5 Å². The number of nitrogens with two attached hydrogens (primary N) is 1. The minimum atomic E-state index is 0.300. The van der Waals surface area contributed by atoms with Gasteiger partial charge in [0, 0.05) is 26.9 Å². The Hall–Kier alpha value is -0.120. The van der Waals surface area contributed by atoms with E-state index in [4.69, 9.17) is 15.2 Å². The van der Waals surface area contributed by atoms with Gasteiger partial charge in [-0.05, 0) is 31.2 Å². The highest BCUT2D eigenvalue weighted by Crippen LogP contribution is 2.32. The predicted octanol–water partition coefficient (Wildman–Crippen LogP) is 0.778. The number of hydrogen-bond acceptors (Lipinski definition) is 3. The fourth-order valence-corrected chi connectivity index (χ4v) is 1.68. The number of ether oxygens (including phenoxy) is 2. The second-order valence-electron chi connectivity index (χ2n) is 3.56. The molecular formula is C9H19NO2. The van der Waals surface area contributed by atoms with Gasteiger partial charge in [0.25, 0.3) is 0 Å². The van der Waals surface area contributed by atoms with Crippen molar-refractivity contribution < 1.29 is 9.47 Å². The molecule has 0 spiro atoms. The summed E-state index contributed by atoms with van der Waals surface area (Å²) in [6, 6.07) is 0. The molecule has 0 aromatic carbocycles. The van der Waals surface area contributed by atoms with E-state index in [1.807, 2.05) is 0 Å². The van der Waals surface area contributed by atoms with E-state index in [-0.39, 0.29) is 0 Å². The Morgan fingerprint density at radius 1 is 1.42 bits per heavy atom. The molecule has 2 N–H and O–H groups in total. The van der Waals surface area contributed by atoms with Gasteiger partial charge in [-0.2, -0.15) is 0 Å². The molecule has 0 atom stereocenters. The molecule has 3 heteroatoms. The van der Waals surface area contributed by atoms with Crippen LogP contribution < -0.4 is 5.73 Å². The van der Waals surface area contributed by atoms with E-state index in [9.17, 15) is 0 Å². The van der Waals surface area contributed by atoms with Crippen molar-refractivity contribution in [3.05, 3.63) is 0 Å². The largest absolute Gasteiger partial charge is 0.385 e. The summed E-state index contributed by atoms with van der Waals surface area (Å²) < 4.78 is 10.4. The summed E-state index contributed by atoms with van der Waals surface area (Å²) in [6.07, 6.45) is 3.25. The molecule has 1 rings (SSSR count). The van der Waals surface area contributed by atoms with Gasteiger partial charge in [-0.3, -0.25) is 0 Å². The first-order valence-electron chi connectivity index (χ1n) is 4.60. The highest BCUT2D eigenvalue weighted by molar-refractivity contribution is 4.82. The maximum Gasteiger partial charge on any atom is 0.0471 e. The minimum absolute atomic E-state index is 0.300. The zero-order chi connectivity index (χ0) is 8.86. The van der Waals surface area contributed by atoms with Gasteiger partial charge in [-0.25, -0.2) is 0 Å².